The van der Waals surface area contributed by atoms with Gasteiger partial charge in [-0.2, -0.15) is 4.68 Å². The second kappa shape index (κ2) is 5.30. The highest BCUT2D eigenvalue weighted by Crippen LogP contribution is 2.35. The van der Waals surface area contributed by atoms with E-state index in [0.717, 1.165) is 18.1 Å². The van der Waals surface area contributed by atoms with E-state index in [1.807, 2.05) is 18.2 Å². The maximum Gasteiger partial charge on any atom is 0.351 e. The van der Waals surface area contributed by atoms with E-state index in [-0.39, 0.29) is 5.69 Å². The van der Waals surface area contributed by atoms with Crippen molar-refractivity contribution in [2.75, 3.05) is 6.54 Å². The first-order valence-electron chi connectivity index (χ1n) is 8.11. The van der Waals surface area contributed by atoms with Crippen LogP contribution in [-0.4, -0.2) is 31.7 Å². The molecule has 4 rings (SSSR count). The molecule has 0 amide bonds. The molecular formula is C16H22N4O. The lowest BCUT2D eigenvalue weighted by Gasteiger charge is -2.43. The van der Waals surface area contributed by atoms with Crippen molar-refractivity contribution in [3.8, 4) is 0 Å². The van der Waals surface area contributed by atoms with E-state index in [9.17, 15) is 4.79 Å². The molecule has 3 heterocycles. The number of hydrogen-bond acceptors (Lipinski definition) is 3. The first-order valence-corrected chi connectivity index (χ1v) is 8.11. The number of aromatic nitrogens is 3. The topological polar surface area (TPSA) is 42.5 Å². The molecule has 0 radical (unpaired) electrons. The molecule has 2 atom stereocenters. The molecule has 2 fully saturated rings. The first kappa shape index (κ1) is 13.1. The van der Waals surface area contributed by atoms with Gasteiger partial charge in [-0.3, -0.25) is 9.30 Å². The maximum absolute atomic E-state index is 12.4. The highest BCUT2D eigenvalue weighted by atomic mass is 16.2. The molecule has 0 spiro atoms. The summed E-state index contributed by atoms with van der Waals surface area (Å²) in [6.07, 6.45) is 9.76. The molecule has 1 saturated carbocycles. The summed E-state index contributed by atoms with van der Waals surface area (Å²) in [7, 11) is 0. The van der Waals surface area contributed by atoms with Gasteiger partial charge in [0, 0.05) is 18.8 Å². The second-order valence-corrected chi connectivity index (χ2v) is 6.42. The van der Waals surface area contributed by atoms with Crippen LogP contribution < -0.4 is 5.69 Å². The molecule has 1 aliphatic heterocycles. The summed E-state index contributed by atoms with van der Waals surface area (Å²) in [5.41, 5.74) is 0.711. The number of piperidine rings is 1. The summed E-state index contributed by atoms with van der Waals surface area (Å²) < 4.78 is 3.26. The molecule has 5 nitrogen and oxygen atoms in total. The zero-order valence-corrected chi connectivity index (χ0v) is 12.3. The SMILES string of the molecule is O=c1n(CN2CCC[C@H]3CCCC[C@@H]32)nc2ccccn12. The van der Waals surface area contributed by atoms with E-state index < -0.39 is 0 Å². The molecule has 0 aromatic carbocycles. The Kier molecular flexibility index (Phi) is 3.30. The van der Waals surface area contributed by atoms with Gasteiger partial charge in [-0.05, 0) is 43.7 Å². The third kappa shape index (κ3) is 2.29. The molecule has 1 saturated heterocycles. The lowest BCUT2D eigenvalue weighted by molar-refractivity contribution is 0.0319. The third-order valence-corrected chi connectivity index (χ3v) is 5.16. The number of nitrogens with zero attached hydrogens (tertiary/aromatic N) is 4. The Bertz CT molecular complexity index is 687. The average molecular weight is 286 g/mol. The van der Waals surface area contributed by atoms with Crippen molar-refractivity contribution in [2.24, 2.45) is 5.92 Å². The van der Waals surface area contributed by atoms with Crippen molar-refractivity contribution in [2.45, 2.75) is 51.2 Å². The Balaban J connectivity index is 1.61. The van der Waals surface area contributed by atoms with Crippen LogP contribution in [0.25, 0.3) is 5.65 Å². The van der Waals surface area contributed by atoms with Gasteiger partial charge in [-0.25, -0.2) is 4.79 Å². The van der Waals surface area contributed by atoms with Gasteiger partial charge in [0.25, 0.3) is 0 Å². The predicted octanol–water partition coefficient (Wildman–Crippen LogP) is 2.11. The number of hydrogen-bond donors (Lipinski definition) is 0. The monoisotopic (exact) mass is 286 g/mol. The molecular weight excluding hydrogens is 264 g/mol. The second-order valence-electron chi connectivity index (χ2n) is 6.42. The van der Waals surface area contributed by atoms with Crippen LogP contribution in [0.2, 0.25) is 0 Å². The minimum absolute atomic E-state index is 0.0245. The molecule has 112 valence electrons. The molecule has 0 unspecified atom stereocenters. The van der Waals surface area contributed by atoms with E-state index >= 15 is 0 Å². The van der Waals surface area contributed by atoms with Gasteiger partial charge in [0.15, 0.2) is 5.65 Å². The van der Waals surface area contributed by atoms with E-state index in [2.05, 4.69) is 10.00 Å². The van der Waals surface area contributed by atoms with Crippen LogP contribution in [0.3, 0.4) is 0 Å². The molecule has 0 N–H and O–H groups in total. The normalized spacial score (nSPS) is 26.9. The average Bonchev–Trinajstić information content (AvgIpc) is 2.85. The molecule has 2 aromatic heterocycles. The van der Waals surface area contributed by atoms with Crippen molar-refractivity contribution in [1.82, 2.24) is 19.1 Å². The van der Waals surface area contributed by atoms with Gasteiger partial charge in [0.05, 0.1) is 6.67 Å². The van der Waals surface area contributed by atoms with Crippen LogP contribution in [0, 0.1) is 5.92 Å². The number of pyridine rings is 1. The lowest BCUT2D eigenvalue weighted by Crippen LogP contribution is -2.48. The molecule has 21 heavy (non-hydrogen) atoms. The first-order chi connectivity index (χ1) is 10.3. The van der Waals surface area contributed by atoms with Crippen LogP contribution in [0.4, 0.5) is 0 Å². The smallest absolute Gasteiger partial charge is 0.281 e. The number of likely N-dealkylation sites (tertiary alicyclic amines) is 1. The Morgan fingerprint density at radius 2 is 2.00 bits per heavy atom. The summed E-state index contributed by atoms with van der Waals surface area (Å²) in [5, 5.41) is 4.47. The Labute approximate surface area is 124 Å². The highest BCUT2D eigenvalue weighted by Gasteiger charge is 2.33. The van der Waals surface area contributed by atoms with Crippen LogP contribution in [0.15, 0.2) is 29.2 Å². The van der Waals surface area contributed by atoms with Crippen molar-refractivity contribution in [3.63, 3.8) is 0 Å². The summed E-state index contributed by atoms with van der Waals surface area (Å²) in [6, 6.07) is 6.34. The lowest BCUT2D eigenvalue weighted by atomic mass is 9.78. The van der Waals surface area contributed by atoms with E-state index in [4.69, 9.17) is 0 Å². The maximum atomic E-state index is 12.4. The van der Waals surface area contributed by atoms with Crippen LogP contribution in [-0.2, 0) is 6.67 Å². The van der Waals surface area contributed by atoms with Crippen molar-refractivity contribution >= 4 is 5.65 Å². The zero-order valence-electron chi connectivity index (χ0n) is 12.3. The standard InChI is InChI=1S/C16H22N4O/c21-16-19-11-4-3-9-15(19)17-20(16)12-18-10-5-7-13-6-1-2-8-14(13)18/h3-4,9,11,13-14H,1-2,5-8,10,12H2/t13-,14+/m1/s1. The summed E-state index contributed by atoms with van der Waals surface area (Å²) in [4.78, 5) is 14.9. The fourth-order valence-corrected chi connectivity index (χ4v) is 4.14. The Morgan fingerprint density at radius 1 is 1.14 bits per heavy atom. The van der Waals surface area contributed by atoms with Crippen molar-refractivity contribution in [3.05, 3.63) is 34.9 Å². The summed E-state index contributed by atoms with van der Waals surface area (Å²) in [5.74, 6) is 0.834. The molecule has 2 aromatic rings. The Morgan fingerprint density at radius 3 is 2.90 bits per heavy atom. The fraction of sp³-hybridized carbons (Fsp3) is 0.625. The van der Waals surface area contributed by atoms with Crippen molar-refractivity contribution < 1.29 is 0 Å². The predicted molar refractivity (Wildman–Crippen MR) is 81.1 cm³/mol. The van der Waals surface area contributed by atoms with Gasteiger partial charge in [0.1, 0.15) is 0 Å². The zero-order chi connectivity index (χ0) is 14.2. The quantitative estimate of drug-likeness (QED) is 0.849. The third-order valence-electron chi connectivity index (χ3n) is 5.16. The highest BCUT2D eigenvalue weighted by molar-refractivity contribution is 5.35. The molecule has 2 aliphatic rings. The fourth-order valence-electron chi connectivity index (χ4n) is 4.14. The van der Waals surface area contributed by atoms with Gasteiger partial charge >= 0.3 is 5.69 Å². The van der Waals surface area contributed by atoms with E-state index in [0.29, 0.717) is 12.7 Å². The molecule has 0 bridgehead atoms. The minimum atomic E-state index is -0.0245. The minimum Gasteiger partial charge on any atom is -0.281 e. The van der Waals surface area contributed by atoms with Gasteiger partial charge in [0.2, 0.25) is 0 Å². The van der Waals surface area contributed by atoms with Crippen LogP contribution >= 0.6 is 0 Å². The van der Waals surface area contributed by atoms with Crippen LogP contribution in [0.5, 0.6) is 0 Å². The molecule has 1 aliphatic carbocycles. The Hall–Kier alpha value is -1.62. The van der Waals surface area contributed by atoms with Gasteiger partial charge in [-0.1, -0.05) is 18.9 Å². The van der Waals surface area contributed by atoms with Crippen LogP contribution in [0.1, 0.15) is 38.5 Å². The van der Waals surface area contributed by atoms with Gasteiger partial charge < -0.3 is 0 Å². The molecule has 5 heteroatoms. The number of rotatable bonds is 2. The van der Waals surface area contributed by atoms with E-state index in [1.54, 1.807) is 15.3 Å². The van der Waals surface area contributed by atoms with Crippen molar-refractivity contribution in [1.29, 1.82) is 0 Å². The van der Waals surface area contributed by atoms with Gasteiger partial charge in [-0.15, -0.1) is 5.10 Å². The number of fused-ring (bicyclic) bond motifs is 2. The summed E-state index contributed by atoms with van der Waals surface area (Å²) in [6.45, 7) is 1.74. The largest absolute Gasteiger partial charge is 0.351 e. The summed E-state index contributed by atoms with van der Waals surface area (Å²) >= 11 is 0. The van der Waals surface area contributed by atoms with E-state index in [1.165, 1.54) is 38.5 Å².